The quantitative estimate of drug-likeness (QED) is 0.489. The van der Waals surface area contributed by atoms with Gasteiger partial charge in [-0.25, -0.2) is 0 Å². The molecule has 1 aliphatic rings. The number of halogens is 18. The van der Waals surface area contributed by atoms with Crippen LogP contribution in [0.4, 0.5) is 79.0 Å². The molecule has 0 aromatic carbocycles. The fourth-order valence-electron chi connectivity index (χ4n) is 2.00. The Kier molecular flexibility index (Phi) is 4.80. The van der Waals surface area contributed by atoms with Crippen LogP contribution in [0, 0.1) is 0 Å². The predicted molar refractivity (Wildman–Crippen MR) is 45.6 cm³/mol. The first-order valence-electron chi connectivity index (χ1n) is 5.81. The Balaban J connectivity index is 4.02. The van der Waals surface area contributed by atoms with Crippen LogP contribution >= 0.6 is 0 Å². The fraction of sp³-hybridized carbons (Fsp3) is 1.00. The Labute approximate surface area is 139 Å². The molecule has 0 radical (unpaired) electrons. The average molecular weight is 466 g/mol. The Morgan fingerprint density at radius 1 is 0.500 bits per heavy atom. The van der Waals surface area contributed by atoms with Crippen molar-refractivity contribution in [2.24, 2.45) is 0 Å². The SMILES string of the molecule is FC(F)(F)C(F)(F)C(F)(F)C(F)(F)[C@@]1(C(F)(F)F)OC(F)(F)C(F)(F)C1(F)F. The van der Waals surface area contributed by atoms with E-state index in [1.807, 2.05) is 0 Å². The topological polar surface area (TPSA) is 9.23 Å². The molecule has 19 heteroatoms. The van der Waals surface area contributed by atoms with Crippen molar-refractivity contribution in [2.45, 2.75) is 53.7 Å². The highest BCUT2D eigenvalue weighted by atomic mass is 19.4. The average Bonchev–Trinajstić information content (AvgIpc) is 2.51. The Morgan fingerprint density at radius 2 is 0.857 bits per heavy atom. The minimum Gasteiger partial charge on any atom is -0.287 e. The van der Waals surface area contributed by atoms with Gasteiger partial charge in [0.2, 0.25) is 0 Å². The molecule has 0 amide bonds. The Hall–Kier alpha value is -1.30. The van der Waals surface area contributed by atoms with E-state index < -0.39 is 53.7 Å². The van der Waals surface area contributed by atoms with E-state index in [4.69, 9.17) is 0 Å². The molecule has 1 heterocycles. The highest BCUT2D eigenvalue weighted by Crippen LogP contribution is 2.72. The normalized spacial score (nSPS) is 28.5. The van der Waals surface area contributed by atoms with E-state index in [1.165, 1.54) is 4.74 Å². The van der Waals surface area contributed by atoms with Crippen molar-refractivity contribution in [2.75, 3.05) is 0 Å². The summed E-state index contributed by atoms with van der Waals surface area (Å²) in [5.41, 5.74) is -8.20. The van der Waals surface area contributed by atoms with Crippen molar-refractivity contribution in [1.29, 1.82) is 0 Å². The monoisotopic (exact) mass is 466 g/mol. The van der Waals surface area contributed by atoms with E-state index >= 15 is 0 Å². The second-order valence-corrected chi connectivity index (χ2v) is 5.17. The van der Waals surface area contributed by atoms with E-state index in [0.29, 0.717) is 0 Å². The molecule has 1 nitrogen and oxygen atoms in total. The molecule has 0 aromatic heterocycles. The lowest BCUT2D eigenvalue weighted by atomic mass is 9.80. The summed E-state index contributed by atoms with van der Waals surface area (Å²) in [7, 11) is 0. The van der Waals surface area contributed by atoms with Crippen LogP contribution in [0.15, 0.2) is 0 Å². The van der Waals surface area contributed by atoms with Gasteiger partial charge in [0.1, 0.15) is 0 Å². The van der Waals surface area contributed by atoms with Crippen molar-refractivity contribution < 1.29 is 83.8 Å². The molecule has 0 unspecified atom stereocenters. The first kappa shape index (κ1) is 24.7. The first-order chi connectivity index (χ1) is 11.7. The number of hydrogen-bond acceptors (Lipinski definition) is 1. The summed E-state index contributed by atoms with van der Waals surface area (Å²) in [5, 5.41) is 0. The zero-order valence-corrected chi connectivity index (χ0v) is 11.7. The summed E-state index contributed by atoms with van der Waals surface area (Å²) in [6.07, 6.45) is -23.4. The zero-order chi connectivity index (χ0) is 23.2. The molecule has 1 atom stereocenters. The third-order valence-electron chi connectivity index (χ3n) is 3.47. The molecule has 1 aliphatic heterocycles. The molecule has 168 valence electrons. The van der Waals surface area contributed by atoms with Gasteiger partial charge in [-0.05, 0) is 0 Å². The molecule has 0 spiro atoms. The summed E-state index contributed by atoms with van der Waals surface area (Å²) in [5.74, 6) is -41.5. The maximum absolute atomic E-state index is 13.5. The van der Waals surface area contributed by atoms with Crippen molar-refractivity contribution in [3.63, 3.8) is 0 Å². The van der Waals surface area contributed by atoms with E-state index in [0.717, 1.165) is 0 Å². The molecule has 1 rings (SSSR count). The molecule has 0 N–H and O–H groups in total. The highest BCUT2D eigenvalue weighted by molar-refractivity contribution is 5.25. The molecule has 1 fully saturated rings. The van der Waals surface area contributed by atoms with E-state index in [1.54, 1.807) is 0 Å². The van der Waals surface area contributed by atoms with Gasteiger partial charge in [0.15, 0.2) is 0 Å². The summed E-state index contributed by atoms with van der Waals surface area (Å²) in [4.78, 5) is 0. The summed E-state index contributed by atoms with van der Waals surface area (Å²) < 4.78 is 232. The van der Waals surface area contributed by atoms with Crippen molar-refractivity contribution in [3.8, 4) is 0 Å². The largest absolute Gasteiger partial charge is 0.460 e. The van der Waals surface area contributed by atoms with Gasteiger partial charge in [0.25, 0.3) is 0 Å². The molecule has 0 bridgehead atoms. The summed E-state index contributed by atoms with van der Waals surface area (Å²) in [6.45, 7) is 0. The second kappa shape index (κ2) is 5.44. The predicted octanol–water partition coefficient (Wildman–Crippen LogP) is 5.65. The third kappa shape index (κ3) is 2.36. The first-order valence-corrected chi connectivity index (χ1v) is 5.81. The second-order valence-electron chi connectivity index (χ2n) is 5.17. The summed E-state index contributed by atoms with van der Waals surface area (Å²) in [6, 6.07) is 0. The van der Waals surface area contributed by atoms with Gasteiger partial charge in [-0.15, -0.1) is 0 Å². The molecular formula is C9F18O. The number of hydrogen-bond donors (Lipinski definition) is 0. The van der Waals surface area contributed by atoms with Crippen LogP contribution in [0.25, 0.3) is 0 Å². The van der Waals surface area contributed by atoms with Gasteiger partial charge >= 0.3 is 53.7 Å². The van der Waals surface area contributed by atoms with Gasteiger partial charge in [0.05, 0.1) is 0 Å². The van der Waals surface area contributed by atoms with E-state index in [-0.39, 0.29) is 0 Å². The van der Waals surface area contributed by atoms with Gasteiger partial charge in [-0.1, -0.05) is 0 Å². The van der Waals surface area contributed by atoms with Crippen LogP contribution in [-0.2, 0) is 4.74 Å². The highest BCUT2D eigenvalue weighted by Gasteiger charge is 3.04. The number of alkyl halides is 18. The van der Waals surface area contributed by atoms with Gasteiger partial charge in [-0.3, -0.25) is 4.74 Å². The van der Waals surface area contributed by atoms with Gasteiger partial charge in [-0.2, -0.15) is 79.0 Å². The van der Waals surface area contributed by atoms with E-state index in [9.17, 15) is 79.0 Å². The lowest BCUT2D eigenvalue weighted by molar-refractivity contribution is -0.474. The molecule has 28 heavy (non-hydrogen) atoms. The zero-order valence-electron chi connectivity index (χ0n) is 11.7. The minimum atomic E-state index is -8.72. The molecule has 1 saturated heterocycles. The third-order valence-corrected chi connectivity index (χ3v) is 3.47. The Bertz CT molecular complexity index is 624. The fourth-order valence-corrected chi connectivity index (χ4v) is 2.00. The number of rotatable bonds is 3. The van der Waals surface area contributed by atoms with Crippen LogP contribution in [0.2, 0.25) is 0 Å². The molecule has 0 aromatic rings. The molecular weight excluding hydrogens is 466 g/mol. The van der Waals surface area contributed by atoms with Crippen molar-refractivity contribution in [3.05, 3.63) is 0 Å². The van der Waals surface area contributed by atoms with Crippen LogP contribution < -0.4 is 0 Å². The maximum atomic E-state index is 13.5. The number of ether oxygens (including phenoxy) is 1. The van der Waals surface area contributed by atoms with Crippen LogP contribution in [0.1, 0.15) is 0 Å². The molecule has 0 aliphatic carbocycles. The van der Waals surface area contributed by atoms with Crippen LogP contribution in [0.3, 0.4) is 0 Å². The van der Waals surface area contributed by atoms with Gasteiger partial charge in [0, 0.05) is 0 Å². The van der Waals surface area contributed by atoms with Crippen LogP contribution in [-0.4, -0.2) is 53.7 Å². The lowest BCUT2D eigenvalue weighted by Gasteiger charge is -2.44. The molecule has 0 saturated carbocycles. The van der Waals surface area contributed by atoms with Crippen LogP contribution in [0.5, 0.6) is 0 Å². The smallest absolute Gasteiger partial charge is 0.287 e. The van der Waals surface area contributed by atoms with E-state index in [2.05, 4.69) is 0 Å². The van der Waals surface area contributed by atoms with Crippen molar-refractivity contribution >= 4 is 0 Å². The minimum absolute atomic E-state index is 1.50. The van der Waals surface area contributed by atoms with Gasteiger partial charge < -0.3 is 0 Å². The standard InChI is InChI=1S/C9F18O/c10-2(11,4(14,15)5(16,17)8(23,24)25)1(7(20,21)22)3(12,13)6(18,19)9(26,27)28-1/t1-/m1/s1. The Morgan fingerprint density at radius 3 is 1.07 bits per heavy atom. The maximum Gasteiger partial charge on any atom is 0.460 e. The van der Waals surface area contributed by atoms with Crippen molar-refractivity contribution in [1.82, 2.24) is 0 Å². The lowest BCUT2D eigenvalue weighted by Crippen LogP contribution is -2.78. The summed E-state index contributed by atoms with van der Waals surface area (Å²) >= 11 is 0.